The topological polar surface area (TPSA) is 94.6 Å². The molecule has 1 aliphatic rings. The smallest absolute Gasteiger partial charge is 0.244 e. The van der Waals surface area contributed by atoms with Crippen LogP contribution in [-0.4, -0.2) is 42.3 Å². The number of pyridine rings is 1. The standard InChI is InChI=1S/C21H25N5O3/c1-3-25(4-2)18-10-9-15(13-22-18)23-19(27)11-12-21(29)26-14-20(28)24-16-7-5-6-8-17(16)26/h5-10,13H,3-4,11-12,14H2,1-2H3,(H,23,27)(H,24,28). The number of nitrogens with one attached hydrogen (secondary N) is 2. The number of nitrogens with zero attached hydrogens (tertiary/aromatic N) is 3. The Morgan fingerprint density at radius 1 is 1.14 bits per heavy atom. The molecule has 2 heterocycles. The van der Waals surface area contributed by atoms with E-state index in [9.17, 15) is 14.4 Å². The van der Waals surface area contributed by atoms with E-state index in [4.69, 9.17) is 0 Å². The van der Waals surface area contributed by atoms with Crippen molar-refractivity contribution in [2.24, 2.45) is 0 Å². The minimum Gasteiger partial charge on any atom is -0.357 e. The summed E-state index contributed by atoms with van der Waals surface area (Å²) < 4.78 is 0. The molecule has 0 fully saturated rings. The van der Waals surface area contributed by atoms with Crippen LogP contribution in [0.4, 0.5) is 22.9 Å². The van der Waals surface area contributed by atoms with E-state index in [0.29, 0.717) is 17.1 Å². The Morgan fingerprint density at radius 3 is 2.59 bits per heavy atom. The van der Waals surface area contributed by atoms with E-state index in [2.05, 4.69) is 34.4 Å². The lowest BCUT2D eigenvalue weighted by molar-refractivity contribution is -0.124. The normalized spacial score (nSPS) is 12.8. The van der Waals surface area contributed by atoms with Crippen molar-refractivity contribution in [1.29, 1.82) is 0 Å². The molecule has 0 aliphatic carbocycles. The molecular weight excluding hydrogens is 370 g/mol. The minimum absolute atomic E-state index is 0.0123. The van der Waals surface area contributed by atoms with Crippen LogP contribution in [0.1, 0.15) is 26.7 Å². The number of carbonyl (C=O) groups excluding carboxylic acids is 3. The zero-order chi connectivity index (χ0) is 20.8. The van der Waals surface area contributed by atoms with Crippen molar-refractivity contribution in [3.63, 3.8) is 0 Å². The van der Waals surface area contributed by atoms with Gasteiger partial charge in [-0.05, 0) is 38.1 Å². The lowest BCUT2D eigenvalue weighted by atomic mass is 10.1. The predicted octanol–water partition coefficient (Wildman–Crippen LogP) is 2.63. The Labute approximate surface area is 169 Å². The second kappa shape index (κ2) is 9.18. The van der Waals surface area contributed by atoms with E-state index < -0.39 is 0 Å². The van der Waals surface area contributed by atoms with Gasteiger partial charge in [-0.2, -0.15) is 0 Å². The number of benzene rings is 1. The molecule has 0 radical (unpaired) electrons. The van der Waals surface area contributed by atoms with Crippen LogP contribution in [0.3, 0.4) is 0 Å². The van der Waals surface area contributed by atoms with Crippen molar-refractivity contribution in [2.45, 2.75) is 26.7 Å². The first-order chi connectivity index (χ1) is 14.0. The third-order valence-corrected chi connectivity index (χ3v) is 4.76. The molecule has 1 aromatic carbocycles. The highest BCUT2D eigenvalue weighted by Crippen LogP contribution is 2.29. The fourth-order valence-corrected chi connectivity index (χ4v) is 3.23. The summed E-state index contributed by atoms with van der Waals surface area (Å²) in [5.74, 6) is 0.0639. The van der Waals surface area contributed by atoms with E-state index in [-0.39, 0.29) is 37.1 Å². The molecule has 1 aliphatic heterocycles. The summed E-state index contributed by atoms with van der Waals surface area (Å²) in [7, 11) is 0. The quantitative estimate of drug-likeness (QED) is 0.752. The molecule has 8 nitrogen and oxygen atoms in total. The molecule has 0 saturated heterocycles. The van der Waals surface area contributed by atoms with Gasteiger partial charge >= 0.3 is 0 Å². The second-order valence-electron chi connectivity index (χ2n) is 6.67. The number of rotatable bonds is 7. The largest absolute Gasteiger partial charge is 0.357 e. The van der Waals surface area contributed by atoms with Crippen LogP contribution in [0, 0.1) is 0 Å². The van der Waals surface area contributed by atoms with Gasteiger partial charge in [-0.25, -0.2) is 4.98 Å². The SMILES string of the molecule is CCN(CC)c1ccc(NC(=O)CCC(=O)N2CC(=O)Nc3ccccc32)cn1. The Kier molecular flexibility index (Phi) is 6.43. The molecular formula is C21H25N5O3. The molecule has 0 bridgehead atoms. The molecule has 2 aromatic rings. The molecule has 29 heavy (non-hydrogen) atoms. The second-order valence-corrected chi connectivity index (χ2v) is 6.67. The number of hydrogen-bond donors (Lipinski definition) is 2. The van der Waals surface area contributed by atoms with Gasteiger partial charge in [0.25, 0.3) is 0 Å². The maximum atomic E-state index is 12.6. The molecule has 1 aromatic heterocycles. The molecule has 152 valence electrons. The number of anilines is 4. The third-order valence-electron chi connectivity index (χ3n) is 4.76. The summed E-state index contributed by atoms with van der Waals surface area (Å²) in [5.41, 5.74) is 1.83. The summed E-state index contributed by atoms with van der Waals surface area (Å²) >= 11 is 0. The Balaban J connectivity index is 1.56. The van der Waals surface area contributed by atoms with E-state index >= 15 is 0 Å². The Bertz CT molecular complexity index is 893. The highest BCUT2D eigenvalue weighted by molar-refractivity contribution is 6.10. The van der Waals surface area contributed by atoms with Crippen molar-refractivity contribution >= 4 is 40.6 Å². The van der Waals surface area contributed by atoms with Gasteiger partial charge in [0, 0.05) is 25.9 Å². The molecule has 2 N–H and O–H groups in total. The Morgan fingerprint density at radius 2 is 1.90 bits per heavy atom. The van der Waals surface area contributed by atoms with Gasteiger partial charge in [-0.1, -0.05) is 12.1 Å². The zero-order valence-electron chi connectivity index (χ0n) is 16.6. The van der Waals surface area contributed by atoms with Gasteiger partial charge in [0.1, 0.15) is 12.4 Å². The molecule has 0 spiro atoms. The van der Waals surface area contributed by atoms with Crippen molar-refractivity contribution in [3.8, 4) is 0 Å². The highest BCUT2D eigenvalue weighted by Gasteiger charge is 2.26. The number of hydrogen-bond acceptors (Lipinski definition) is 5. The number of aromatic nitrogens is 1. The number of fused-ring (bicyclic) bond motifs is 1. The van der Waals surface area contributed by atoms with Crippen LogP contribution in [0.2, 0.25) is 0 Å². The highest BCUT2D eigenvalue weighted by atomic mass is 16.2. The maximum absolute atomic E-state index is 12.6. The van der Waals surface area contributed by atoms with Crippen molar-refractivity contribution < 1.29 is 14.4 Å². The first-order valence-electron chi connectivity index (χ1n) is 9.72. The fraction of sp³-hybridized carbons (Fsp3) is 0.333. The van der Waals surface area contributed by atoms with Gasteiger partial charge in [0.2, 0.25) is 17.7 Å². The lowest BCUT2D eigenvalue weighted by Gasteiger charge is -2.29. The van der Waals surface area contributed by atoms with Crippen LogP contribution >= 0.6 is 0 Å². The summed E-state index contributed by atoms with van der Waals surface area (Å²) in [5, 5.41) is 5.50. The maximum Gasteiger partial charge on any atom is 0.244 e. The van der Waals surface area contributed by atoms with Gasteiger partial charge in [0.15, 0.2) is 0 Å². The van der Waals surface area contributed by atoms with E-state index in [1.54, 1.807) is 36.5 Å². The van der Waals surface area contributed by atoms with Gasteiger partial charge in [0.05, 0.1) is 23.3 Å². The van der Waals surface area contributed by atoms with Crippen LogP contribution in [-0.2, 0) is 14.4 Å². The van der Waals surface area contributed by atoms with Crippen molar-refractivity contribution in [1.82, 2.24) is 4.98 Å². The van der Waals surface area contributed by atoms with E-state index in [1.807, 2.05) is 6.07 Å². The average molecular weight is 395 g/mol. The predicted molar refractivity (Wildman–Crippen MR) is 113 cm³/mol. The van der Waals surface area contributed by atoms with E-state index in [1.165, 1.54) is 4.90 Å². The molecule has 0 atom stereocenters. The molecule has 0 unspecified atom stereocenters. The zero-order valence-corrected chi connectivity index (χ0v) is 16.6. The van der Waals surface area contributed by atoms with Crippen LogP contribution in [0.5, 0.6) is 0 Å². The lowest BCUT2D eigenvalue weighted by Crippen LogP contribution is -2.42. The monoisotopic (exact) mass is 395 g/mol. The fourth-order valence-electron chi connectivity index (χ4n) is 3.23. The average Bonchev–Trinajstić information content (AvgIpc) is 2.73. The molecule has 3 amide bonds. The minimum atomic E-state index is -0.273. The Hall–Kier alpha value is -3.42. The van der Waals surface area contributed by atoms with Crippen LogP contribution in [0.25, 0.3) is 0 Å². The summed E-state index contributed by atoms with van der Waals surface area (Å²) in [6.45, 7) is 5.78. The first kappa shape index (κ1) is 20.3. The van der Waals surface area contributed by atoms with Gasteiger partial charge in [-0.15, -0.1) is 0 Å². The van der Waals surface area contributed by atoms with Crippen molar-refractivity contribution in [3.05, 3.63) is 42.6 Å². The third kappa shape index (κ3) is 4.90. The van der Waals surface area contributed by atoms with Crippen LogP contribution in [0.15, 0.2) is 42.6 Å². The first-order valence-corrected chi connectivity index (χ1v) is 9.72. The van der Waals surface area contributed by atoms with Crippen molar-refractivity contribution in [2.75, 3.05) is 40.1 Å². The molecule has 0 saturated carbocycles. The van der Waals surface area contributed by atoms with Crippen LogP contribution < -0.4 is 20.4 Å². The summed E-state index contributed by atoms with van der Waals surface area (Å²) in [6.07, 6.45) is 1.65. The molecule has 3 rings (SSSR count). The summed E-state index contributed by atoms with van der Waals surface area (Å²) in [4.78, 5) is 44.6. The van der Waals surface area contributed by atoms with E-state index in [0.717, 1.165) is 18.9 Å². The van der Waals surface area contributed by atoms with Gasteiger partial charge < -0.3 is 20.4 Å². The number of para-hydroxylation sites is 2. The summed E-state index contributed by atoms with van der Waals surface area (Å²) in [6, 6.07) is 10.8. The molecule has 8 heteroatoms. The van der Waals surface area contributed by atoms with Gasteiger partial charge in [-0.3, -0.25) is 14.4 Å². The number of amides is 3. The number of carbonyl (C=O) groups is 3.